The number of benzene rings is 2. The molecule has 0 fully saturated rings. The predicted octanol–water partition coefficient (Wildman–Crippen LogP) is 7.83. The van der Waals surface area contributed by atoms with Gasteiger partial charge in [-0.15, -0.1) is 0 Å². The first-order chi connectivity index (χ1) is 16.6. The molecule has 34 heavy (non-hydrogen) atoms. The Kier molecular flexibility index (Phi) is 13.4. The van der Waals surface area contributed by atoms with Crippen LogP contribution in [0.3, 0.4) is 0 Å². The van der Waals surface area contributed by atoms with Gasteiger partial charge in [-0.2, -0.15) is 0 Å². The van der Waals surface area contributed by atoms with Gasteiger partial charge in [0, 0.05) is 11.8 Å². The van der Waals surface area contributed by atoms with Crippen molar-refractivity contribution < 1.29 is 19.7 Å². The molecule has 0 heterocycles. The molecule has 0 atom stereocenters. The van der Waals surface area contributed by atoms with Crippen molar-refractivity contribution >= 4 is 17.7 Å². The number of anilines is 1. The summed E-state index contributed by atoms with van der Waals surface area (Å²) in [4.78, 5) is 12.1. The lowest BCUT2D eigenvalue weighted by atomic mass is 10.1. The van der Waals surface area contributed by atoms with Gasteiger partial charge in [-0.05, 0) is 54.5 Å². The highest BCUT2D eigenvalue weighted by atomic mass is 16.5. The molecule has 0 aromatic heterocycles. The minimum atomic E-state index is -0.280. The van der Waals surface area contributed by atoms with Crippen molar-refractivity contribution in [1.29, 1.82) is 0 Å². The summed E-state index contributed by atoms with van der Waals surface area (Å²) in [6.45, 7) is 2.98. The number of unbranched alkanes of at least 4 members (excludes halogenated alkanes) is 11. The molecule has 3 N–H and O–H groups in total. The minimum Gasteiger partial charge on any atom is -0.504 e. The summed E-state index contributed by atoms with van der Waals surface area (Å²) in [6, 6.07) is 11.7. The van der Waals surface area contributed by atoms with E-state index in [4.69, 9.17) is 4.74 Å². The second-order valence-electron chi connectivity index (χ2n) is 8.83. The van der Waals surface area contributed by atoms with E-state index in [1.807, 2.05) is 24.3 Å². The zero-order valence-electron chi connectivity index (χ0n) is 20.6. The quantitative estimate of drug-likeness (QED) is 0.126. The molecule has 0 saturated carbocycles. The van der Waals surface area contributed by atoms with Crippen LogP contribution in [-0.4, -0.2) is 22.7 Å². The average Bonchev–Trinajstić information content (AvgIpc) is 2.84. The average molecular weight is 468 g/mol. The van der Waals surface area contributed by atoms with Crippen LogP contribution >= 0.6 is 0 Å². The highest BCUT2D eigenvalue weighted by molar-refractivity contribution is 6.01. The molecular weight excluding hydrogens is 426 g/mol. The van der Waals surface area contributed by atoms with Crippen molar-refractivity contribution in [3.63, 3.8) is 0 Å². The van der Waals surface area contributed by atoms with Crippen molar-refractivity contribution in [2.24, 2.45) is 0 Å². The summed E-state index contributed by atoms with van der Waals surface area (Å²) >= 11 is 0. The van der Waals surface area contributed by atoms with E-state index >= 15 is 0 Å². The normalized spacial score (nSPS) is 11.1. The number of hydrogen-bond acceptors (Lipinski definition) is 4. The fraction of sp³-hybridized carbons (Fsp3) is 0.483. The lowest BCUT2D eigenvalue weighted by Gasteiger charge is -2.08. The van der Waals surface area contributed by atoms with Crippen LogP contribution in [0.2, 0.25) is 0 Å². The molecule has 0 unspecified atom stereocenters. The SMILES string of the molecule is CCCCCCCCCCCCCCOc1ccc(NC(=O)/C=C/c2ccc(O)c(O)c2)cc1. The van der Waals surface area contributed by atoms with Crippen LogP contribution in [0.25, 0.3) is 6.08 Å². The maximum absolute atomic E-state index is 12.1. The summed E-state index contributed by atoms with van der Waals surface area (Å²) in [5.41, 5.74) is 1.30. The zero-order valence-corrected chi connectivity index (χ0v) is 20.6. The Hall–Kier alpha value is -2.95. The molecule has 0 aliphatic carbocycles. The smallest absolute Gasteiger partial charge is 0.248 e. The van der Waals surface area contributed by atoms with Gasteiger partial charge in [-0.3, -0.25) is 4.79 Å². The van der Waals surface area contributed by atoms with Gasteiger partial charge in [0.2, 0.25) is 5.91 Å². The van der Waals surface area contributed by atoms with Gasteiger partial charge in [0.15, 0.2) is 11.5 Å². The van der Waals surface area contributed by atoms with E-state index in [0.29, 0.717) is 17.9 Å². The number of amides is 1. The Balaban J connectivity index is 1.53. The van der Waals surface area contributed by atoms with Crippen molar-refractivity contribution in [3.8, 4) is 17.2 Å². The molecule has 0 spiro atoms. The maximum atomic E-state index is 12.1. The van der Waals surface area contributed by atoms with Crippen molar-refractivity contribution in [1.82, 2.24) is 0 Å². The van der Waals surface area contributed by atoms with Gasteiger partial charge < -0.3 is 20.3 Å². The summed E-state index contributed by atoms with van der Waals surface area (Å²) in [5, 5.41) is 21.6. The molecule has 2 rings (SSSR count). The Morgan fingerprint density at radius 2 is 1.38 bits per heavy atom. The maximum Gasteiger partial charge on any atom is 0.248 e. The highest BCUT2D eigenvalue weighted by Crippen LogP contribution is 2.25. The van der Waals surface area contributed by atoms with Gasteiger partial charge in [0.1, 0.15) is 5.75 Å². The standard InChI is InChI=1S/C29H41NO4/c1-2-3-4-5-6-7-8-9-10-11-12-13-22-34-26-18-16-25(17-19-26)30-29(33)21-15-24-14-20-27(31)28(32)23-24/h14-21,23,31-32H,2-13,22H2,1H3,(H,30,33)/b21-15+. The predicted molar refractivity (Wildman–Crippen MR) is 140 cm³/mol. The van der Waals surface area contributed by atoms with E-state index in [9.17, 15) is 15.0 Å². The molecule has 5 heteroatoms. The second-order valence-corrected chi connectivity index (χ2v) is 8.83. The third-order valence-corrected chi connectivity index (χ3v) is 5.82. The fourth-order valence-electron chi connectivity index (χ4n) is 3.77. The van der Waals surface area contributed by atoms with E-state index in [1.54, 1.807) is 12.1 Å². The van der Waals surface area contributed by atoms with Crippen LogP contribution in [0.15, 0.2) is 48.5 Å². The molecule has 5 nitrogen and oxygen atoms in total. The lowest BCUT2D eigenvalue weighted by Crippen LogP contribution is -2.07. The molecule has 0 aliphatic heterocycles. The Labute approximate surface area is 204 Å². The summed E-state index contributed by atoms with van der Waals surface area (Å²) in [5.74, 6) is 0.110. The van der Waals surface area contributed by atoms with E-state index in [-0.39, 0.29) is 17.4 Å². The van der Waals surface area contributed by atoms with E-state index in [1.165, 1.54) is 88.8 Å². The van der Waals surface area contributed by atoms with Crippen LogP contribution in [0, 0.1) is 0 Å². The van der Waals surface area contributed by atoms with Gasteiger partial charge in [-0.25, -0.2) is 0 Å². The molecular formula is C29H41NO4. The van der Waals surface area contributed by atoms with Gasteiger partial charge in [-0.1, -0.05) is 83.6 Å². The van der Waals surface area contributed by atoms with Gasteiger partial charge in [0.05, 0.1) is 6.61 Å². The second kappa shape index (κ2) is 16.6. The van der Waals surface area contributed by atoms with Crippen LogP contribution in [-0.2, 0) is 4.79 Å². The molecule has 2 aromatic carbocycles. The number of nitrogens with one attached hydrogen (secondary N) is 1. The minimum absolute atomic E-state index is 0.192. The van der Waals surface area contributed by atoms with Gasteiger partial charge in [0.25, 0.3) is 0 Å². The van der Waals surface area contributed by atoms with Crippen molar-refractivity contribution in [3.05, 3.63) is 54.1 Å². The molecule has 0 aliphatic rings. The first kappa shape index (κ1) is 27.3. The Bertz CT molecular complexity index is 861. The monoisotopic (exact) mass is 467 g/mol. The largest absolute Gasteiger partial charge is 0.504 e. The fourth-order valence-corrected chi connectivity index (χ4v) is 3.77. The van der Waals surface area contributed by atoms with E-state index < -0.39 is 0 Å². The van der Waals surface area contributed by atoms with E-state index in [0.717, 1.165) is 12.2 Å². The Morgan fingerprint density at radius 1 is 0.794 bits per heavy atom. The van der Waals surface area contributed by atoms with Crippen molar-refractivity contribution in [2.75, 3.05) is 11.9 Å². The van der Waals surface area contributed by atoms with Gasteiger partial charge >= 0.3 is 0 Å². The molecule has 0 radical (unpaired) electrons. The molecule has 0 saturated heterocycles. The number of carbonyl (C=O) groups is 1. The van der Waals surface area contributed by atoms with Crippen LogP contribution < -0.4 is 10.1 Å². The third-order valence-electron chi connectivity index (χ3n) is 5.82. The van der Waals surface area contributed by atoms with E-state index in [2.05, 4.69) is 12.2 Å². The number of aromatic hydroxyl groups is 2. The number of rotatable bonds is 17. The third kappa shape index (κ3) is 11.8. The zero-order chi connectivity index (χ0) is 24.4. The Morgan fingerprint density at radius 3 is 1.97 bits per heavy atom. The molecule has 186 valence electrons. The van der Waals surface area contributed by atoms with Crippen molar-refractivity contribution in [2.45, 2.75) is 84.0 Å². The number of ether oxygens (including phenoxy) is 1. The summed E-state index contributed by atoms with van der Waals surface area (Å²) in [6.07, 6.45) is 18.9. The first-order valence-corrected chi connectivity index (χ1v) is 12.8. The molecule has 0 bridgehead atoms. The number of phenolic OH excluding ortho intramolecular Hbond substituents is 2. The van der Waals surface area contributed by atoms with Crippen LogP contribution in [0.4, 0.5) is 5.69 Å². The van der Waals surface area contributed by atoms with Crippen LogP contribution in [0.5, 0.6) is 17.2 Å². The number of carbonyl (C=O) groups excluding carboxylic acids is 1. The summed E-state index contributed by atoms with van der Waals surface area (Å²) < 4.78 is 5.81. The number of phenols is 2. The van der Waals surface area contributed by atoms with Crippen LogP contribution in [0.1, 0.15) is 89.5 Å². The number of hydrogen-bond donors (Lipinski definition) is 3. The molecule has 1 amide bonds. The highest BCUT2D eigenvalue weighted by Gasteiger charge is 2.02. The topological polar surface area (TPSA) is 78.8 Å². The lowest BCUT2D eigenvalue weighted by molar-refractivity contribution is -0.111. The summed E-state index contributed by atoms with van der Waals surface area (Å²) in [7, 11) is 0. The first-order valence-electron chi connectivity index (χ1n) is 12.8. The molecule has 2 aromatic rings.